The topological polar surface area (TPSA) is 82.6 Å². The monoisotopic (exact) mass is 377 g/mol. The molecule has 1 heterocycles. The number of benzene rings is 2. The van der Waals surface area contributed by atoms with Gasteiger partial charge in [-0.3, -0.25) is 15.3 Å². The molecule has 7 heteroatoms. The summed E-state index contributed by atoms with van der Waals surface area (Å²) >= 11 is 0. The molecule has 0 aliphatic rings. The molecule has 7 nitrogen and oxygen atoms in total. The van der Waals surface area contributed by atoms with Crippen molar-refractivity contribution < 1.29 is 9.53 Å². The van der Waals surface area contributed by atoms with Crippen molar-refractivity contribution in [3.05, 3.63) is 77.0 Å². The highest BCUT2D eigenvalue weighted by atomic mass is 16.5. The lowest BCUT2D eigenvalue weighted by molar-refractivity contribution is 0.0785. The summed E-state index contributed by atoms with van der Waals surface area (Å²) in [4.78, 5) is 14.6. The van der Waals surface area contributed by atoms with E-state index >= 15 is 0 Å². The number of hydrogen-bond acceptors (Lipinski definition) is 5. The first-order valence-corrected chi connectivity index (χ1v) is 8.86. The smallest absolute Gasteiger partial charge is 0.259 e. The van der Waals surface area contributed by atoms with E-state index in [9.17, 15) is 4.79 Å². The average molecular weight is 377 g/mol. The van der Waals surface area contributed by atoms with Gasteiger partial charge in [0.25, 0.3) is 5.91 Å². The van der Waals surface area contributed by atoms with E-state index in [0.29, 0.717) is 23.6 Å². The maximum Gasteiger partial charge on any atom is 0.259 e. The molecule has 0 saturated carbocycles. The highest BCUT2D eigenvalue weighted by Crippen LogP contribution is 2.19. The number of hydrogen-bond donors (Lipinski definition) is 2. The minimum Gasteiger partial charge on any atom is -0.497 e. The largest absolute Gasteiger partial charge is 0.497 e. The third kappa shape index (κ3) is 4.56. The van der Waals surface area contributed by atoms with Gasteiger partial charge in [-0.15, -0.1) is 0 Å². The molecule has 0 aliphatic heterocycles. The van der Waals surface area contributed by atoms with Crippen LogP contribution in [0.25, 0.3) is 0 Å². The number of ether oxygens (including phenoxy) is 1. The van der Waals surface area contributed by atoms with Crippen LogP contribution in [0.2, 0.25) is 0 Å². The fraction of sp³-hybridized carbons (Fsp3) is 0.190. The molecule has 0 fully saturated rings. The Labute approximate surface area is 164 Å². The van der Waals surface area contributed by atoms with Crippen molar-refractivity contribution in [2.24, 2.45) is 5.10 Å². The number of rotatable bonds is 7. The first-order valence-electron chi connectivity index (χ1n) is 8.86. The Kier molecular flexibility index (Phi) is 6.06. The number of hydrazone groups is 1. The molecule has 0 spiro atoms. The molecule has 2 N–H and O–H groups in total. The lowest BCUT2D eigenvalue weighted by Crippen LogP contribution is -2.27. The number of anilines is 1. The van der Waals surface area contributed by atoms with Crippen molar-refractivity contribution in [3.8, 4) is 5.75 Å². The normalized spacial score (nSPS) is 10.8. The zero-order valence-electron chi connectivity index (χ0n) is 16.1. The summed E-state index contributed by atoms with van der Waals surface area (Å²) in [6, 6.07) is 17.3. The number of aryl methyl sites for hydroxylation is 1. The maximum atomic E-state index is 12.9. The van der Waals surface area contributed by atoms with Crippen LogP contribution in [-0.2, 0) is 6.54 Å². The second-order valence-electron chi connectivity index (χ2n) is 6.36. The van der Waals surface area contributed by atoms with E-state index in [1.165, 1.54) is 0 Å². The molecule has 28 heavy (non-hydrogen) atoms. The number of methoxy groups -OCH3 is 1. The van der Waals surface area contributed by atoms with Gasteiger partial charge in [0.2, 0.25) is 0 Å². The quantitative estimate of drug-likeness (QED) is 0.488. The van der Waals surface area contributed by atoms with Gasteiger partial charge in [-0.25, -0.2) is 0 Å². The zero-order chi connectivity index (χ0) is 19.9. The van der Waals surface area contributed by atoms with Crippen molar-refractivity contribution in [1.29, 1.82) is 0 Å². The molecular formula is C21H23N5O2. The Hall–Kier alpha value is -3.61. The summed E-state index contributed by atoms with van der Waals surface area (Å²) in [6.45, 7) is 2.33. The van der Waals surface area contributed by atoms with E-state index in [4.69, 9.17) is 4.74 Å². The summed E-state index contributed by atoms with van der Waals surface area (Å²) in [5.41, 5.74) is 5.98. The van der Waals surface area contributed by atoms with Gasteiger partial charge in [0.15, 0.2) is 5.82 Å². The van der Waals surface area contributed by atoms with Crippen molar-refractivity contribution in [2.75, 3.05) is 19.6 Å². The van der Waals surface area contributed by atoms with Crippen LogP contribution in [0.4, 0.5) is 5.82 Å². The van der Waals surface area contributed by atoms with Crippen LogP contribution in [0.3, 0.4) is 0 Å². The predicted molar refractivity (Wildman–Crippen MR) is 110 cm³/mol. The summed E-state index contributed by atoms with van der Waals surface area (Å²) in [7, 11) is 3.39. The van der Waals surface area contributed by atoms with Crippen LogP contribution in [-0.4, -0.2) is 41.4 Å². The van der Waals surface area contributed by atoms with Crippen molar-refractivity contribution in [3.63, 3.8) is 0 Å². The van der Waals surface area contributed by atoms with Crippen LogP contribution in [0.5, 0.6) is 5.75 Å². The molecule has 144 valence electrons. The summed E-state index contributed by atoms with van der Waals surface area (Å²) in [5.74, 6) is 1.05. The standard InChI is InChI=1S/C21H23N5O2/c1-15-19(21(27)26(2)14-17-7-5-4-6-8-17)20(25-23-15)24-22-13-16-9-11-18(28-3)12-10-16/h4-13H,14H2,1-3H3,(H2,23,24,25)/b22-13+. The van der Waals surface area contributed by atoms with E-state index in [1.807, 2.05) is 61.5 Å². The predicted octanol–water partition coefficient (Wildman–Crippen LogP) is 3.44. The van der Waals surface area contributed by atoms with Crippen LogP contribution in [0.1, 0.15) is 27.2 Å². The molecule has 2 aromatic carbocycles. The van der Waals surface area contributed by atoms with Gasteiger partial charge in [-0.1, -0.05) is 30.3 Å². The summed E-state index contributed by atoms with van der Waals surface area (Å²) < 4.78 is 5.14. The third-order valence-electron chi connectivity index (χ3n) is 4.27. The summed E-state index contributed by atoms with van der Waals surface area (Å²) in [5, 5.41) is 11.2. The Morgan fingerprint density at radius 3 is 2.61 bits per heavy atom. The average Bonchev–Trinajstić information content (AvgIpc) is 3.09. The molecule has 0 unspecified atom stereocenters. The zero-order valence-corrected chi connectivity index (χ0v) is 16.1. The molecule has 3 aromatic rings. The fourth-order valence-electron chi connectivity index (χ4n) is 2.75. The van der Waals surface area contributed by atoms with Crippen molar-refractivity contribution in [2.45, 2.75) is 13.5 Å². The van der Waals surface area contributed by atoms with E-state index in [2.05, 4.69) is 20.7 Å². The number of nitrogens with one attached hydrogen (secondary N) is 2. The van der Waals surface area contributed by atoms with Gasteiger partial charge in [0.1, 0.15) is 11.3 Å². The number of H-pyrrole nitrogens is 1. The van der Waals surface area contributed by atoms with E-state index in [-0.39, 0.29) is 5.91 Å². The molecule has 0 radical (unpaired) electrons. The van der Waals surface area contributed by atoms with Gasteiger partial charge in [0.05, 0.1) is 13.3 Å². The number of aromatic nitrogens is 2. The number of carbonyl (C=O) groups is 1. The Bertz CT molecular complexity index is 949. The lowest BCUT2D eigenvalue weighted by Gasteiger charge is -2.17. The molecule has 0 atom stereocenters. The summed E-state index contributed by atoms with van der Waals surface area (Å²) in [6.07, 6.45) is 1.66. The Morgan fingerprint density at radius 1 is 1.21 bits per heavy atom. The van der Waals surface area contributed by atoms with Crippen molar-refractivity contribution in [1.82, 2.24) is 15.1 Å². The highest BCUT2D eigenvalue weighted by molar-refractivity contribution is 5.99. The van der Waals surface area contributed by atoms with Gasteiger partial charge in [0, 0.05) is 19.3 Å². The van der Waals surface area contributed by atoms with Crippen LogP contribution in [0.15, 0.2) is 59.7 Å². The molecule has 1 aromatic heterocycles. The second kappa shape index (κ2) is 8.85. The molecular weight excluding hydrogens is 354 g/mol. The van der Waals surface area contributed by atoms with Crippen LogP contribution in [0, 0.1) is 6.92 Å². The Balaban J connectivity index is 1.70. The maximum absolute atomic E-state index is 12.9. The molecule has 0 saturated heterocycles. The number of carbonyl (C=O) groups excluding carboxylic acids is 1. The third-order valence-corrected chi connectivity index (χ3v) is 4.27. The second-order valence-corrected chi connectivity index (χ2v) is 6.36. The Morgan fingerprint density at radius 2 is 1.93 bits per heavy atom. The van der Waals surface area contributed by atoms with E-state index in [0.717, 1.165) is 16.9 Å². The van der Waals surface area contributed by atoms with Crippen molar-refractivity contribution >= 4 is 17.9 Å². The molecule has 1 amide bonds. The molecule has 3 rings (SSSR count). The van der Waals surface area contributed by atoms with E-state index in [1.54, 1.807) is 25.3 Å². The minimum atomic E-state index is -0.128. The lowest BCUT2D eigenvalue weighted by atomic mass is 10.2. The van der Waals surface area contributed by atoms with Gasteiger partial charge in [-0.2, -0.15) is 10.2 Å². The molecule has 0 bridgehead atoms. The van der Waals surface area contributed by atoms with Gasteiger partial charge >= 0.3 is 0 Å². The molecule has 0 aliphatic carbocycles. The number of nitrogens with zero attached hydrogens (tertiary/aromatic N) is 3. The number of amides is 1. The van der Waals surface area contributed by atoms with Crippen LogP contribution < -0.4 is 10.2 Å². The highest BCUT2D eigenvalue weighted by Gasteiger charge is 2.21. The van der Waals surface area contributed by atoms with E-state index < -0.39 is 0 Å². The minimum absolute atomic E-state index is 0.128. The first-order chi connectivity index (χ1) is 13.6. The first kappa shape index (κ1) is 19.2. The van der Waals surface area contributed by atoms with Gasteiger partial charge in [-0.05, 0) is 42.3 Å². The fourth-order valence-corrected chi connectivity index (χ4v) is 2.75. The number of aromatic amines is 1. The van der Waals surface area contributed by atoms with Crippen LogP contribution >= 0.6 is 0 Å². The van der Waals surface area contributed by atoms with Gasteiger partial charge < -0.3 is 9.64 Å². The SMILES string of the molecule is COc1ccc(/C=N/Nc2n[nH]c(C)c2C(=O)N(C)Cc2ccccc2)cc1.